The summed E-state index contributed by atoms with van der Waals surface area (Å²) in [7, 11) is -3.68. The van der Waals surface area contributed by atoms with Crippen molar-refractivity contribution in [3.05, 3.63) is 65.5 Å². The third-order valence-electron chi connectivity index (χ3n) is 2.70. The fraction of sp³-hybridized carbons (Fsp3) is 0.143. The maximum Gasteiger partial charge on any atom is 0.237 e. The molecule has 4 nitrogen and oxygen atoms in total. The summed E-state index contributed by atoms with van der Waals surface area (Å²) in [6.45, 7) is -0.0967. The minimum atomic E-state index is -3.68. The summed E-state index contributed by atoms with van der Waals surface area (Å²) >= 11 is 0. The van der Waals surface area contributed by atoms with Crippen molar-refractivity contribution in [2.75, 3.05) is 4.72 Å². The normalized spacial score (nSPS) is 11.3. The molecule has 106 valence electrons. The molecule has 2 aromatic carbocycles. The van der Waals surface area contributed by atoms with Gasteiger partial charge in [-0.25, -0.2) is 12.8 Å². The number of benzene rings is 2. The first-order chi connectivity index (χ1) is 9.50. The van der Waals surface area contributed by atoms with E-state index in [1.165, 1.54) is 18.2 Å². The molecule has 0 saturated carbocycles. The summed E-state index contributed by atoms with van der Waals surface area (Å²) in [6.07, 6.45) is 0. The minimum absolute atomic E-state index is 0.0699. The number of aliphatic hydroxyl groups is 1. The Morgan fingerprint density at radius 3 is 2.20 bits per heavy atom. The van der Waals surface area contributed by atoms with Gasteiger partial charge in [0, 0.05) is 0 Å². The molecule has 0 saturated heterocycles. The van der Waals surface area contributed by atoms with Crippen LogP contribution in [0.3, 0.4) is 0 Å². The Morgan fingerprint density at radius 1 is 1.00 bits per heavy atom. The maximum atomic E-state index is 13.4. The number of halogens is 1. The van der Waals surface area contributed by atoms with E-state index in [0.717, 1.165) is 0 Å². The molecule has 0 amide bonds. The first-order valence-corrected chi connectivity index (χ1v) is 7.59. The molecule has 20 heavy (non-hydrogen) atoms. The number of aliphatic hydroxyl groups excluding tert-OH is 1. The van der Waals surface area contributed by atoms with E-state index < -0.39 is 15.8 Å². The van der Waals surface area contributed by atoms with Crippen LogP contribution in [0.1, 0.15) is 11.1 Å². The molecule has 6 heteroatoms. The highest BCUT2D eigenvalue weighted by Gasteiger charge is 2.13. The van der Waals surface area contributed by atoms with Gasteiger partial charge in [0.1, 0.15) is 5.82 Å². The van der Waals surface area contributed by atoms with E-state index in [0.29, 0.717) is 11.1 Å². The molecule has 2 aromatic rings. The molecule has 0 spiro atoms. The van der Waals surface area contributed by atoms with Gasteiger partial charge in [-0.3, -0.25) is 4.72 Å². The summed E-state index contributed by atoms with van der Waals surface area (Å²) in [4.78, 5) is 0. The monoisotopic (exact) mass is 295 g/mol. The van der Waals surface area contributed by atoms with Crippen LogP contribution in [-0.2, 0) is 22.4 Å². The summed E-state index contributed by atoms with van der Waals surface area (Å²) < 4.78 is 39.5. The van der Waals surface area contributed by atoms with Gasteiger partial charge >= 0.3 is 0 Å². The number of nitrogens with one attached hydrogen (secondary N) is 1. The summed E-state index contributed by atoms with van der Waals surface area (Å²) in [5, 5.41) is 8.91. The van der Waals surface area contributed by atoms with Crippen LogP contribution in [0.4, 0.5) is 10.1 Å². The molecule has 2 N–H and O–H groups in total. The molecule has 0 aromatic heterocycles. The van der Waals surface area contributed by atoms with Crippen LogP contribution in [0.2, 0.25) is 0 Å². The molecule has 0 unspecified atom stereocenters. The average molecular weight is 295 g/mol. The third kappa shape index (κ3) is 3.79. The smallest absolute Gasteiger partial charge is 0.237 e. The summed E-state index contributed by atoms with van der Waals surface area (Å²) in [5.74, 6) is -0.876. The van der Waals surface area contributed by atoms with Crippen LogP contribution >= 0.6 is 0 Å². The van der Waals surface area contributed by atoms with Crippen molar-refractivity contribution >= 4 is 15.7 Å². The molecule has 0 bridgehead atoms. The Kier molecular flexibility index (Phi) is 4.36. The van der Waals surface area contributed by atoms with Crippen LogP contribution in [0.5, 0.6) is 0 Å². The van der Waals surface area contributed by atoms with Crippen molar-refractivity contribution in [3.8, 4) is 0 Å². The Morgan fingerprint density at radius 2 is 1.60 bits per heavy atom. The number of para-hydroxylation sites is 1. The maximum absolute atomic E-state index is 13.4. The molecule has 0 fully saturated rings. The van der Waals surface area contributed by atoms with Gasteiger partial charge in [0.25, 0.3) is 0 Å². The van der Waals surface area contributed by atoms with Crippen molar-refractivity contribution in [2.24, 2.45) is 0 Å². The number of hydrogen-bond acceptors (Lipinski definition) is 3. The number of rotatable bonds is 5. The lowest BCUT2D eigenvalue weighted by Gasteiger charge is -2.09. The average Bonchev–Trinajstić information content (AvgIpc) is 2.41. The van der Waals surface area contributed by atoms with Crippen molar-refractivity contribution in [1.82, 2.24) is 0 Å². The molecular weight excluding hydrogens is 281 g/mol. The standard InChI is InChI=1S/C14H14FNO3S/c15-13-3-1-2-4-14(13)16-20(18,19)10-12-7-5-11(9-17)6-8-12/h1-8,16-17H,9-10H2. The van der Waals surface area contributed by atoms with Crippen molar-refractivity contribution < 1.29 is 17.9 Å². The van der Waals surface area contributed by atoms with Gasteiger partial charge in [0.05, 0.1) is 18.0 Å². The van der Waals surface area contributed by atoms with Crippen LogP contribution in [0, 0.1) is 5.82 Å². The molecular formula is C14H14FNO3S. The van der Waals surface area contributed by atoms with Crippen LogP contribution in [0.25, 0.3) is 0 Å². The second-order valence-corrected chi connectivity index (χ2v) is 6.04. The molecule has 0 aliphatic rings. The van der Waals surface area contributed by atoms with Gasteiger partial charge in [-0.2, -0.15) is 0 Å². The Bertz CT molecular complexity index is 684. The number of sulfonamides is 1. The van der Waals surface area contributed by atoms with E-state index >= 15 is 0 Å². The molecule has 0 atom stereocenters. The second kappa shape index (κ2) is 6.02. The molecule has 2 rings (SSSR count). The van der Waals surface area contributed by atoms with Gasteiger partial charge in [0.15, 0.2) is 0 Å². The van der Waals surface area contributed by atoms with E-state index in [1.54, 1.807) is 30.3 Å². The predicted molar refractivity (Wildman–Crippen MR) is 75.0 cm³/mol. The van der Waals surface area contributed by atoms with Crippen LogP contribution in [0.15, 0.2) is 48.5 Å². The van der Waals surface area contributed by atoms with E-state index in [1.807, 2.05) is 0 Å². The number of hydrogen-bond donors (Lipinski definition) is 2. The highest BCUT2D eigenvalue weighted by Crippen LogP contribution is 2.16. The highest BCUT2D eigenvalue weighted by atomic mass is 32.2. The van der Waals surface area contributed by atoms with Gasteiger partial charge in [-0.15, -0.1) is 0 Å². The van der Waals surface area contributed by atoms with Crippen molar-refractivity contribution in [1.29, 1.82) is 0 Å². The third-order valence-corrected chi connectivity index (χ3v) is 3.95. The van der Waals surface area contributed by atoms with Gasteiger partial charge in [-0.05, 0) is 23.3 Å². The largest absolute Gasteiger partial charge is 0.392 e. The molecule has 0 heterocycles. The van der Waals surface area contributed by atoms with E-state index in [4.69, 9.17) is 5.11 Å². The minimum Gasteiger partial charge on any atom is -0.392 e. The number of anilines is 1. The fourth-order valence-electron chi connectivity index (χ4n) is 1.71. The highest BCUT2D eigenvalue weighted by molar-refractivity contribution is 7.91. The zero-order valence-corrected chi connectivity index (χ0v) is 11.4. The first kappa shape index (κ1) is 14.5. The topological polar surface area (TPSA) is 66.4 Å². The quantitative estimate of drug-likeness (QED) is 0.889. The van der Waals surface area contributed by atoms with E-state index in [-0.39, 0.29) is 18.0 Å². The lowest BCUT2D eigenvalue weighted by Crippen LogP contribution is -2.15. The lowest BCUT2D eigenvalue weighted by atomic mass is 10.2. The Labute approximate surface area is 116 Å². The molecule has 0 radical (unpaired) electrons. The SMILES string of the molecule is O=S(=O)(Cc1ccc(CO)cc1)Nc1ccccc1F. The molecule has 0 aliphatic carbocycles. The fourth-order valence-corrected chi connectivity index (χ4v) is 2.91. The van der Waals surface area contributed by atoms with Gasteiger partial charge in [0.2, 0.25) is 10.0 Å². The first-order valence-electron chi connectivity index (χ1n) is 5.94. The Balaban J connectivity index is 2.13. The summed E-state index contributed by atoms with van der Waals surface area (Å²) in [6, 6.07) is 12.1. The van der Waals surface area contributed by atoms with Crippen LogP contribution < -0.4 is 4.72 Å². The van der Waals surface area contributed by atoms with Gasteiger partial charge in [-0.1, -0.05) is 36.4 Å². The zero-order valence-electron chi connectivity index (χ0n) is 10.6. The predicted octanol–water partition coefficient (Wildman–Crippen LogP) is 2.26. The van der Waals surface area contributed by atoms with Crippen LogP contribution in [-0.4, -0.2) is 13.5 Å². The van der Waals surface area contributed by atoms with Crippen molar-refractivity contribution in [2.45, 2.75) is 12.4 Å². The lowest BCUT2D eigenvalue weighted by molar-refractivity contribution is 0.282. The Hall–Kier alpha value is -1.92. The van der Waals surface area contributed by atoms with Gasteiger partial charge < -0.3 is 5.11 Å². The van der Waals surface area contributed by atoms with Crippen molar-refractivity contribution in [3.63, 3.8) is 0 Å². The summed E-state index contributed by atoms with van der Waals surface area (Å²) in [5.41, 5.74) is 1.19. The van der Waals surface area contributed by atoms with E-state index in [9.17, 15) is 12.8 Å². The molecule has 0 aliphatic heterocycles. The van der Waals surface area contributed by atoms with E-state index in [2.05, 4.69) is 4.72 Å². The second-order valence-electron chi connectivity index (χ2n) is 4.32. The zero-order chi connectivity index (χ0) is 14.6.